The maximum absolute atomic E-state index is 6.80. The lowest BCUT2D eigenvalue weighted by molar-refractivity contribution is 0.585. The topological polar surface area (TPSA) is 126 Å². The predicted octanol–water partition coefficient (Wildman–Crippen LogP) is 16.0. The van der Waals surface area contributed by atoms with Gasteiger partial charge in [-0.15, -0.1) is 10.2 Å². The van der Waals surface area contributed by atoms with Crippen molar-refractivity contribution in [3.63, 3.8) is 0 Å². The summed E-state index contributed by atoms with van der Waals surface area (Å²) in [6.07, 6.45) is 0. The van der Waals surface area contributed by atoms with E-state index >= 15 is 0 Å². The largest absolute Gasteiger partial charge is 0.416 e. The Morgan fingerprint density at radius 2 is 0.633 bits per heavy atom. The van der Waals surface area contributed by atoms with Crippen LogP contribution in [0.5, 0.6) is 0 Å². The van der Waals surface area contributed by atoms with Crippen LogP contribution in [0, 0.1) is 0 Å². The van der Waals surface area contributed by atoms with Crippen molar-refractivity contribution in [3.05, 3.63) is 255 Å². The summed E-state index contributed by atoms with van der Waals surface area (Å²) in [5.74, 6) is 4.35. The molecule has 0 N–H and O–H groups in total. The fraction of sp³-hybridized carbons (Fsp3) is 0. The van der Waals surface area contributed by atoms with E-state index in [0.717, 1.165) is 99.5 Å². The molecule has 11 nitrogen and oxygen atoms in total. The van der Waals surface area contributed by atoms with Crippen LogP contribution in [0.3, 0.4) is 0 Å². The second-order valence-corrected chi connectivity index (χ2v) is 19.2. The summed E-state index contributed by atoms with van der Waals surface area (Å²) in [4.78, 5) is 30.1. The number of hydrogen-bond acceptors (Lipinski definition) is 9. The van der Waals surface area contributed by atoms with Crippen LogP contribution in [0.15, 0.2) is 259 Å². The molecule has 5 aromatic heterocycles. The Hall–Kier alpha value is -11.0. The van der Waals surface area contributed by atoms with Crippen LogP contribution in [0.25, 0.3) is 146 Å². The van der Waals surface area contributed by atoms with Crippen molar-refractivity contribution in [2.75, 3.05) is 0 Å². The average Bonchev–Trinajstić information content (AvgIpc) is 4.32. The molecule has 0 bridgehead atoms. The van der Waals surface area contributed by atoms with Gasteiger partial charge in [0.1, 0.15) is 0 Å². The van der Waals surface area contributed by atoms with Gasteiger partial charge in [0.25, 0.3) is 0 Å². The van der Waals surface area contributed by atoms with Crippen molar-refractivity contribution < 1.29 is 4.42 Å². The highest BCUT2D eigenvalue weighted by Gasteiger charge is 2.23. The van der Waals surface area contributed by atoms with Crippen LogP contribution in [0.2, 0.25) is 0 Å². The van der Waals surface area contributed by atoms with E-state index in [-0.39, 0.29) is 0 Å². The first-order chi connectivity index (χ1) is 39.1. The molecule has 5 heterocycles. The fourth-order valence-electron chi connectivity index (χ4n) is 10.7. The molecular weight excluding hydrogens is 973 g/mol. The highest BCUT2D eigenvalue weighted by Crippen LogP contribution is 2.41. The van der Waals surface area contributed by atoms with Gasteiger partial charge < -0.3 is 13.6 Å². The van der Waals surface area contributed by atoms with Gasteiger partial charge in [0.2, 0.25) is 11.8 Å². The Bertz CT molecular complexity index is 4670. The number of aromatic nitrogens is 10. The molecule has 0 unspecified atom stereocenters. The van der Waals surface area contributed by atoms with E-state index < -0.39 is 0 Å². The lowest BCUT2D eigenvalue weighted by Gasteiger charge is -2.12. The van der Waals surface area contributed by atoms with Crippen LogP contribution in [-0.2, 0) is 0 Å². The molecule has 0 radical (unpaired) electrons. The van der Waals surface area contributed by atoms with E-state index in [1.165, 1.54) is 0 Å². The molecule has 0 aliphatic carbocycles. The highest BCUT2D eigenvalue weighted by atomic mass is 16.4. The van der Waals surface area contributed by atoms with Gasteiger partial charge in [0, 0.05) is 71.9 Å². The van der Waals surface area contributed by atoms with E-state index in [0.29, 0.717) is 46.7 Å². The van der Waals surface area contributed by atoms with Gasteiger partial charge in [-0.05, 0) is 54.6 Å². The van der Waals surface area contributed by atoms with Crippen molar-refractivity contribution in [1.82, 2.24) is 49.2 Å². The van der Waals surface area contributed by atoms with E-state index in [4.69, 9.17) is 44.5 Å². The molecule has 0 saturated carbocycles. The normalized spacial score (nSPS) is 11.5. The van der Waals surface area contributed by atoms with Crippen LogP contribution >= 0.6 is 0 Å². The van der Waals surface area contributed by atoms with Crippen molar-refractivity contribution >= 4 is 43.6 Å². The fourth-order valence-corrected chi connectivity index (χ4v) is 10.7. The van der Waals surface area contributed by atoms with Crippen molar-refractivity contribution in [2.24, 2.45) is 0 Å². The minimum Gasteiger partial charge on any atom is -0.416 e. The Balaban J connectivity index is 0.836. The second kappa shape index (κ2) is 19.0. The quantitative estimate of drug-likeness (QED) is 0.132. The summed E-state index contributed by atoms with van der Waals surface area (Å²) >= 11 is 0. The van der Waals surface area contributed by atoms with Gasteiger partial charge >= 0.3 is 0 Å². The number of rotatable bonds is 10. The van der Waals surface area contributed by atoms with Gasteiger partial charge in [0.15, 0.2) is 34.9 Å². The number of fused-ring (bicyclic) bond motifs is 6. The average molecular weight is 1020 g/mol. The van der Waals surface area contributed by atoms with Gasteiger partial charge in [0.05, 0.1) is 27.6 Å². The highest BCUT2D eigenvalue weighted by molar-refractivity contribution is 6.13. The lowest BCUT2D eigenvalue weighted by Crippen LogP contribution is -2.01. The first-order valence-electron chi connectivity index (χ1n) is 26.0. The Kier molecular flexibility index (Phi) is 10.9. The maximum Gasteiger partial charge on any atom is 0.250 e. The van der Waals surface area contributed by atoms with E-state index in [1.807, 2.05) is 127 Å². The molecule has 10 aromatic carbocycles. The minimum absolute atomic E-state index is 0.397. The van der Waals surface area contributed by atoms with E-state index in [1.54, 1.807) is 0 Å². The zero-order valence-corrected chi connectivity index (χ0v) is 42.1. The smallest absolute Gasteiger partial charge is 0.250 e. The molecule has 0 aliphatic rings. The van der Waals surface area contributed by atoms with Crippen LogP contribution in [0.1, 0.15) is 0 Å². The SMILES string of the molecule is c1ccc(-c2nc(-c3ccccc3)nc(-c3cccc(-n4c5ccccc5c5ccc(-c6nnc(-c7cccc8c9ccccc9n(-c9cccc(-c%10nc(-c%11ccccc%11)nc(-c%11ccccc%11)n%10)c9)c78)o6)cc54)c3)n2)cc1. The van der Waals surface area contributed by atoms with Crippen molar-refractivity contribution in [3.8, 4) is 103 Å². The molecule has 15 aromatic rings. The summed E-state index contributed by atoms with van der Waals surface area (Å²) in [6.45, 7) is 0. The third kappa shape index (κ3) is 8.08. The lowest BCUT2D eigenvalue weighted by atomic mass is 10.1. The minimum atomic E-state index is 0.397. The zero-order chi connectivity index (χ0) is 52.2. The molecule has 0 spiro atoms. The Labute approximate surface area is 452 Å². The number of para-hydroxylation sites is 3. The van der Waals surface area contributed by atoms with Gasteiger partial charge in [-0.1, -0.05) is 200 Å². The first-order valence-corrected chi connectivity index (χ1v) is 26.0. The van der Waals surface area contributed by atoms with E-state index in [2.05, 4.69) is 137 Å². The van der Waals surface area contributed by atoms with E-state index in [9.17, 15) is 0 Å². The molecule has 0 saturated heterocycles. The third-order valence-corrected chi connectivity index (χ3v) is 14.4. The Morgan fingerprint density at radius 1 is 0.253 bits per heavy atom. The molecular formula is C68H42N10O. The number of hydrogen-bond donors (Lipinski definition) is 0. The standard InChI is InChI=1S/C68H42N10O/c1-5-20-43(21-6-1)61-69-62(44-22-7-2-8-23-44)72-65(71-61)47-28-17-30-50(40-47)77-57-36-15-13-32-52(57)54-39-38-49(42-59(54)77)67-75-76-68(79-67)56-35-19-34-55-53-33-14-16-37-58(53)78(60(55)56)51-31-18-29-48(41-51)66-73-63(45-24-9-3-10-25-45)70-64(74-66)46-26-11-4-12-27-46/h1-42H. The van der Waals surface area contributed by atoms with Gasteiger partial charge in [-0.3, -0.25) is 0 Å². The van der Waals surface area contributed by atoms with Crippen molar-refractivity contribution in [1.29, 1.82) is 0 Å². The second-order valence-electron chi connectivity index (χ2n) is 19.2. The van der Waals surface area contributed by atoms with Crippen LogP contribution < -0.4 is 0 Å². The summed E-state index contributed by atoms with van der Waals surface area (Å²) in [7, 11) is 0. The maximum atomic E-state index is 6.80. The number of nitrogens with zero attached hydrogens (tertiary/aromatic N) is 10. The monoisotopic (exact) mass is 1010 g/mol. The molecule has 11 heteroatoms. The first kappa shape index (κ1) is 45.4. The molecule has 0 fully saturated rings. The molecule has 370 valence electrons. The zero-order valence-electron chi connectivity index (χ0n) is 42.1. The molecule has 0 aliphatic heterocycles. The number of benzene rings is 10. The van der Waals surface area contributed by atoms with Gasteiger partial charge in [-0.25, -0.2) is 29.9 Å². The van der Waals surface area contributed by atoms with Crippen molar-refractivity contribution in [2.45, 2.75) is 0 Å². The molecule has 79 heavy (non-hydrogen) atoms. The molecule has 0 atom stereocenters. The van der Waals surface area contributed by atoms with Crippen LogP contribution in [-0.4, -0.2) is 49.2 Å². The predicted molar refractivity (Wildman–Crippen MR) is 313 cm³/mol. The van der Waals surface area contributed by atoms with Crippen LogP contribution in [0.4, 0.5) is 0 Å². The molecule has 0 amide bonds. The third-order valence-electron chi connectivity index (χ3n) is 14.4. The Morgan fingerprint density at radius 3 is 1.15 bits per heavy atom. The summed E-state index contributed by atoms with van der Waals surface area (Å²) < 4.78 is 11.3. The molecule has 15 rings (SSSR count). The summed E-state index contributed by atoms with van der Waals surface area (Å²) in [6, 6.07) is 86.4. The van der Waals surface area contributed by atoms with Gasteiger partial charge in [-0.2, -0.15) is 0 Å². The summed E-state index contributed by atoms with van der Waals surface area (Å²) in [5.41, 5.74) is 12.8. The summed E-state index contributed by atoms with van der Waals surface area (Å²) in [5, 5.41) is 13.9.